The molecule has 3 heterocycles. The molecule has 4 aromatic rings. The Kier molecular flexibility index (Phi) is 4.26. The van der Waals surface area contributed by atoms with Crippen molar-refractivity contribution < 1.29 is 4.79 Å². The van der Waals surface area contributed by atoms with Gasteiger partial charge in [-0.05, 0) is 26.0 Å². The standard InChI is InChI=1S/C19H19N7O2/c1-12-4-6-14(7-5-12)21-16(27)10-25-13(2)8-17(28)26-19(25)22-18(23-26)15-9-20-11-24(15)3/h4-9,11H,10H2,1-3H3,(H,21,27). The second kappa shape index (κ2) is 6.76. The van der Waals surface area contributed by atoms with E-state index >= 15 is 0 Å². The molecule has 0 bridgehead atoms. The van der Waals surface area contributed by atoms with Crippen molar-refractivity contribution in [3.05, 3.63) is 64.5 Å². The molecule has 0 fully saturated rings. The summed E-state index contributed by atoms with van der Waals surface area (Å²) in [5.74, 6) is 0.457. The van der Waals surface area contributed by atoms with E-state index in [0.29, 0.717) is 28.7 Å². The molecule has 3 aromatic heterocycles. The lowest BCUT2D eigenvalue weighted by molar-refractivity contribution is -0.116. The predicted octanol–water partition coefficient (Wildman–Crippen LogP) is 1.55. The third-order valence-corrected chi connectivity index (χ3v) is 4.48. The van der Waals surface area contributed by atoms with E-state index in [0.717, 1.165) is 5.56 Å². The highest BCUT2D eigenvalue weighted by Gasteiger charge is 2.17. The SMILES string of the molecule is Cc1ccc(NC(=O)Cn2c(C)cc(=O)n3nc(-c4cncn4C)nc23)cc1. The van der Waals surface area contributed by atoms with Crippen LogP contribution in [0.4, 0.5) is 5.69 Å². The maximum absolute atomic E-state index is 12.6. The number of aryl methyl sites for hydroxylation is 3. The summed E-state index contributed by atoms with van der Waals surface area (Å²) in [6.45, 7) is 3.75. The summed E-state index contributed by atoms with van der Waals surface area (Å²) in [5.41, 5.74) is 2.82. The van der Waals surface area contributed by atoms with Gasteiger partial charge in [-0.3, -0.25) is 9.59 Å². The summed E-state index contributed by atoms with van der Waals surface area (Å²) >= 11 is 0. The number of anilines is 1. The summed E-state index contributed by atoms with van der Waals surface area (Å²) in [4.78, 5) is 33.4. The summed E-state index contributed by atoms with van der Waals surface area (Å²) < 4.78 is 4.63. The average Bonchev–Trinajstić information content (AvgIpc) is 3.27. The van der Waals surface area contributed by atoms with E-state index in [-0.39, 0.29) is 18.0 Å². The van der Waals surface area contributed by atoms with Crippen LogP contribution in [-0.2, 0) is 18.4 Å². The molecule has 1 amide bonds. The van der Waals surface area contributed by atoms with Gasteiger partial charge in [0.15, 0.2) is 0 Å². The largest absolute Gasteiger partial charge is 0.331 e. The molecule has 0 unspecified atom stereocenters. The fourth-order valence-electron chi connectivity index (χ4n) is 2.96. The minimum atomic E-state index is -0.302. The maximum Gasteiger partial charge on any atom is 0.275 e. The zero-order valence-electron chi connectivity index (χ0n) is 15.7. The molecule has 4 rings (SSSR count). The minimum Gasteiger partial charge on any atom is -0.331 e. The van der Waals surface area contributed by atoms with Gasteiger partial charge in [-0.15, -0.1) is 5.10 Å². The molecule has 1 aromatic carbocycles. The van der Waals surface area contributed by atoms with Gasteiger partial charge in [0.05, 0.1) is 12.5 Å². The second-order valence-corrected chi connectivity index (χ2v) is 6.66. The van der Waals surface area contributed by atoms with Crippen LogP contribution < -0.4 is 10.9 Å². The molecule has 28 heavy (non-hydrogen) atoms. The van der Waals surface area contributed by atoms with Crippen molar-refractivity contribution in [2.45, 2.75) is 20.4 Å². The number of benzene rings is 1. The molecular weight excluding hydrogens is 358 g/mol. The van der Waals surface area contributed by atoms with E-state index < -0.39 is 0 Å². The van der Waals surface area contributed by atoms with Crippen LogP contribution in [0.1, 0.15) is 11.3 Å². The Morgan fingerprint density at radius 1 is 1.18 bits per heavy atom. The lowest BCUT2D eigenvalue weighted by Crippen LogP contribution is -2.25. The maximum atomic E-state index is 12.6. The van der Waals surface area contributed by atoms with Crippen LogP contribution in [0.25, 0.3) is 17.3 Å². The highest BCUT2D eigenvalue weighted by Crippen LogP contribution is 2.15. The topological polar surface area (TPSA) is 99.1 Å². The Hall–Kier alpha value is -3.75. The monoisotopic (exact) mass is 377 g/mol. The van der Waals surface area contributed by atoms with Crippen LogP contribution in [0.5, 0.6) is 0 Å². The van der Waals surface area contributed by atoms with Gasteiger partial charge in [0.1, 0.15) is 12.2 Å². The number of carbonyl (C=O) groups excluding carboxylic acids is 1. The Morgan fingerprint density at radius 2 is 1.93 bits per heavy atom. The molecule has 0 aliphatic heterocycles. The molecule has 0 aliphatic rings. The Balaban J connectivity index is 1.71. The average molecular weight is 377 g/mol. The number of nitrogens with one attached hydrogen (secondary N) is 1. The highest BCUT2D eigenvalue weighted by atomic mass is 16.2. The number of rotatable bonds is 4. The number of fused-ring (bicyclic) bond motifs is 1. The summed E-state index contributed by atoms with van der Waals surface area (Å²) in [6.07, 6.45) is 3.26. The molecule has 0 spiro atoms. The first-order valence-corrected chi connectivity index (χ1v) is 8.73. The van der Waals surface area contributed by atoms with Crippen LogP contribution in [0, 0.1) is 13.8 Å². The van der Waals surface area contributed by atoms with E-state index in [1.54, 1.807) is 28.6 Å². The van der Waals surface area contributed by atoms with Gasteiger partial charge in [-0.2, -0.15) is 9.50 Å². The lowest BCUT2D eigenvalue weighted by Gasteiger charge is -2.11. The first-order valence-electron chi connectivity index (χ1n) is 8.73. The van der Waals surface area contributed by atoms with Crippen molar-refractivity contribution in [3.8, 4) is 11.5 Å². The molecule has 1 N–H and O–H groups in total. The Labute approximate surface area is 160 Å². The molecule has 0 radical (unpaired) electrons. The molecule has 9 heteroatoms. The summed E-state index contributed by atoms with van der Waals surface area (Å²) in [5, 5.41) is 7.16. The smallest absolute Gasteiger partial charge is 0.275 e. The number of hydrogen-bond donors (Lipinski definition) is 1. The van der Waals surface area contributed by atoms with Gasteiger partial charge < -0.3 is 14.5 Å². The zero-order chi connectivity index (χ0) is 19.8. The molecule has 142 valence electrons. The first kappa shape index (κ1) is 17.7. The number of carbonyl (C=O) groups is 1. The van der Waals surface area contributed by atoms with Crippen molar-refractivity contribution in [1.82, 2.24) is 28.7 Å². The summed E-state index contributed by atoms with van der Waals surface area (Å²) in [6, 6.07) is 8.99. The van der Waals surface area contributed by atoms with Crippen molar-refractivity contribution in [2.75, 3.05) is 5.32 Å². The van der Waals surface area contributed by atoms with Crippen LogP contribution in [-0.4, -0.2) is 34.6 Å². The Morgan fingerprint density at radius 3 is 2.61 bits per heavy atom. The lowest BCUT2D eigenvalue weighted by atomic mass is 10.2. The molecule has 9 nitrogen and oxygen atoms in total. The molecule has 0 aliphatic carbocycles. The predicted molar refractivity (Wildman–Crippen MR) is 104 cm³/mol. The van der Waals surface area contributed by atoms with Crippen LogP contribution in [0.2, 0.25) is 0 Å². The second-order valence-electron chi connectivity index (χ2n) is 6.66. The van der Waals surface area contributed by atoms with E-state index in [1.165, 1.54) is 10.6 Å². The van der Waals surface area contributed by atoms with Crippen LogP contribution in [0.15, 0.2) is 47.7 Å². The van der Waals surface area contributed by atoms with E-state index in [1.807, 2.05) is 38.2 Å². The van der Waals surface area contributed by atoms with Crippen molar-refractivity contribution in [1.29, 1.82) is 0 Å². The normalized spacial score (nSPS) is 11.1. The van der Waals surface area contributed by atoms with Gasteiger partial charge in [-0.25, -0.2) is 4.98 Å². The van der Waals surface area contributed by atoms with Crippen molar-refractivity contribution in [2.24, 2.45) is 7.05 Å². The molecule has 0 atom stereocenters. The van der Waals surface area contributed by atoms with Gasteiger partial charge in [0, 0.05) is 24.5 Å². The Bertz CT molecular complexity index is 1230. The molecular formula is C19H19N7O2. The van der Waals surface area contributed by atoms with E-state index in [9.17, 15) is 9.59 Å². The minimum absolute atomic E-state index is 0.00695. The summed E-state index contributed by atoms with van der Waals surface area (Å²) in [7, 11) is 1.82. The van der Waals surface area contributed by atoms with Gasteiger partial charge >= 0.3 is 0 Å². The highest BCUT2D eigenvalue weighted by molar-refractivity contribution is 5.90. The number of imidazole rings is 1. The third kappa shape index (κ3) is 3.18. The fraction of sp³-hybridized carbons (Fsp3) is 0.211. The molecule has 0 saturated heterocycles. The van der Waals surface area contributed by atoms with Crippen molar-refractivity contribution in [3.63, 3.8) is 0 Å². The molecule has 0 saturated carbocycles. The number of aromatic nitrogens is 6. The van der Waals surface area contributed by atoms with E-state index in [4.69, 9.17) is 0 Å². The van der Waals surface area contributed by atoms with E-state index in [2.05, 4.69) is 20.4 Å². The van der Waals surface area contributed by atoms with Crippen LogP contribution in [0.3, 0.4) is 0 Å². The first-order chi connectivity index (χ1) is 13.4. The van der Waals surface area contributed by atoms with Gasteiger partial charge in [0.2, 0.25) is 17.5 Å². The number of amides is 1. The van der Waals surface area contributed by atoms with Crippen LogP contribution >= 0.6 is 0 Å². The van der Waals surface area contributed by atoms with Gasteiger partial charge in [0.25, 0.3) is 5.56 Å². The van der Waals surface area contributed by atoms with Crippen molar-refractivity contribution >= 4 is 17.4 Å². The fourth-order valence-corrected chi connectivity index (χ4v) is 2.96. The van der Waals surface area contributed by atoms with Gasteiger partial charge in [-0.1, -0.05) is 17.7 Å². The quantitative estimate of drug-likeness (QED) is 0.582. The number of nitrogens with zero attached hydrogens (tertiary/aromatic N) is 6. The number of hydrogen-bond acceptors (Lipinski definition) is 5. The zero-order valence-corrected chi connectivity index (χ0v) is 15.7. The third-order valence-electron chi connectivity index (χ3n) is 4.48.